The number of pyridine rings is 1. The van der Waals surface area contributed by atoms with E-state index in [-0.39, 0.29) is 5.91 Å². The highest BCUT2D eigenvalue weighted by Gasteiger charge is 2.07. The molecule has 1 aromatic heterocycles. The van der Waals surface area contributed by atoms with Gasteiger partial charge in [0.25, 0.3) is 5.91 Å². The molecule has 5 heteroatoms. The van der Waals surface area contributed by atoms with Crippen molar-refractivity contribution in [2.45, 2.75) is 6.92 Å². The van der Waals surface area contributed by atoms with E-state index in [0.29, 0.717) is 11.4 Å². The summed E-state index contributed by atoms with van der Waals surface area (Å²) in [6.45, 7) is 1.96. The van der Waals surface area contributed by atoms with Crippen LogP contribution in [0.2, 0.25) is 0 Å². The zero-order chi connectivity index (χ0) is 13.1. The van der Waals surface area contributed by atoms with Crippen molar-refractivity contribution in [3.8, 4) is 0 Å². The predicted molar refractivity (Wildman–Crippen MR) is 75.5 cm³/mol. The van der Waals surface area contributed by atoms with Crippen molar-refractivity contribution in [1.82, 2.24) is 4.98 Å². The number of rotatable bonds is 2. The number of carbonyl (C=O) groups is 1. The summed E-state index contributed by atoms with van der Waals surface area (Å²) in [4.78, 5) is 15.8. The fourth-order valence-corrected chi connectivity index (χ4v) is 2.21. The smallest absolute Gasteiger partial charge is 0.255 e. The largest absolute Gasteiger partial charge is 0.384 e. The molecule has 0 spiro atoms. The van der Waals surface area contributed by atoms with E-state index in [0.717, 1.165) is 15.7 Å². The molecule has 2 aromatic rings. The molecule has 92 valence electrons. The number of aryl methyl sites for hydroxylation is 1. The first-order valence-corrected chi connectivity index (χ1v) is 6.14. The first-order valence-electron chi connectivity index (χ1n) is 5.34. The summed E-state index contributed by atoms with van der Waals surface area (Å²) in [6, 6.07) is 8.87. The maximum Gasteiger partial charge on any atom is 0.255 e. The Bertz CT molecular complexity index is 578. The standard InChI is InChI=1S/C13H12BrN3O/c1-8-4-10(14)7-11(5-8)17-13(18)9-2-3-16-12(15)6-9/h2-7H,1H3,(H2,15,16)(H,17,18). The van der Waals surface area contributed by atoms with E-state index < -0.39 is 0 Å². The quantitative estimate of drug-likeness (QED) is 0.896. The number of nitrogens with zero attached hydrogens (tertiary/aromatic N) is 1. The SMILES string of the molecule is Cc1cc(Br)cc(NC(=O)c2ccnc(N)c2)c1. The Kier molecular flexibility index (Phi) is 3.62. The summed E-state index contributed by atoms with van der Waals surface area (Å²) in [5.74, 6) is 0.120. The minimum atomic E-state index is -0.207. The molecule has 3 N–H and O–H groups in total. The first kappa shape index (κ1) is 12.6. The Morgan fingerprint density at radius 2 is 2.11 bits per heavy atom. The predicted octanol–water partition coefficient (Wildman–Crippen LogP) is 2.99. The van der Waals surface area contributed by atoms with Gasteiger partial charge >= 0.3 is 0 Å². The molecule has 2 rings (SSSR count). The molecule has 4 nitrogen and oxygen atoms in total. The summed E-state index contributed by atoms with van der Waals surface area (Å²) in [7, 11) is 0. The van der Waals surface area contributed by atoms with Crippen LogP contribution in [0.25, 0.3) is 0 Å². The monoisotopic (exact) mass is 305 g/mol. The summed E-state index contributed by atoms with van der Waals surface area (Å²) < 4.78 is 0.923. The first-order chi connectivity index (χ1) is 8.54. The van der Waals surface area contributed by atoms with Crippen molar-refractivity contribution in [2.75, 3.05) is 11.1 Å². The Hall–Kier alpha value is -1.88. The summed E-state index contributed by atoms with van der Waals surface area (Å²) >= 11 is 3.39. The molecule has 1 amide bonds. The molecular weight excluding hydrogens is 294 g/mol. The van der Waals surface area contributed by atoms with Gasteiger partial charge in [0.1, 0.15) is 5.82 Å². The third-order valence-electron chi connectivity index (χ3n) is 2.34. The number of nitrogens with two attached hydrogens (primary N) is 1. The van der Waals surface area contributed by atoms with Crippen LogP contribution in [0.5, 0.6) is 0 Å². The van der Waals surface area contributed by atoms with Gasteiger partial charge in [0.05, 0.1) is 0 Å². The van der Waals surface area contributed by atoms with E-state index in [2.05, 4.69) is 26.2 Å². The van der Waals surface area contributed by atoms with E-state index in [4.69, 9.17) is 5.73 Å². The lowest BCUT2D eigenvalue weighted by Gasteiger charge is -2.07. The molecule has 0 aliphatic rings. The molecule has 0 saturated carbocycles. The molecule has 18 heavy (non-hydrogen) atoms. The van der Waals surface area contributed by atoms with E-state index in [9.17, 15) is 4.79 Å². The van der Waals surface area contributed by atoms with Crippen molar-refractivity contribution < 1.29 is 4.79 Å². The molecule has 0 unspecified atom stereocenters. The maximum absolute atomic E-state index is 12.0. The topological polar surface area (TPSA) is 68.0 Å². The number of anilines is 2. The van der Waals surface area contributed by atoms with Gasteiger partial charge in [-0.1, -0.05) is 15.9 Å². The fraction of sp³-hybridized carbons (Fsp3) is 0.0769. The molecule has 0 saturated heterocycles. The van der Waals surface area contributed by atoms with Gasteiger partial charge in [-0.05, 0) is 42.8 Å². The second-order valence-corrected chi connectivity index (χ2v) is 4.86. The van der Waals surface area contributed by atoms with Gasteiger partial charge < -0.3 is 11.1 Å². The average molecular weight is 306 g/mol. The Morgan fingerprint density at radius 3 is 2.78 bits per heavy atom. The van der Waals surface area contributed by atoms with Gasteiger partial charge in [-0.3, -0.25) is 4.79 Å². The van der Waals surface area contributed by atoms with Gasteiger partial charge in [-0.2, -0.15) is 0 Å². The fourth-order valence-electron chi connectivity index (χ4n) is 1.60. The number of benzene rings is 1. The van der Waals surface area contributed by atoms with E-state index in [1.165, 1.54) is 6.20 Å². The number of nitrogens with one attached hydrogen (secondary N) is 1. The number of hydrogen-bond acceptors (Lipinski definition) is 3. The van der Waals surface area contributed by atoms with Crippen molar-refractivity contribution in [2.24, 2.45) is 0 Å². The molecule has 0 fully saturated rings. The van der Waals surface area contributed by atoms with E-state index >= 15 is 0 Å². The highest BCUT2D eigenvalue weighted by molar-refractivity contribution is 9.10. The molecule has 0 atom stereocenters. The third kappa shape index (κ3) is 3.07. The molecule has 0 bridgehead atoms. The van der Waals surface area contributed by atoms with Crippen molar-refractivity contribution in [3.05, 3.63) is 52.1 Å². The van der Waals surface area contributed by atoms with E-state index in [1.807, 2.05) is 25.1 Å². The van der Waals surface area contributed by atoms with Crippen LogP contribution in [-0.4, -0.2) is 10.9 Å². The van der Waals surface area contributed by atoms with Gasteiger partial charge in [0, 0.05) is 21.9 Å². The van der Waals surface area contributed by atoms with Gasteiger partial charge in [-0.15, -0.1) is 0 Å². The van der Waals surface area contributed by atoms with Crippen LogP contribution in [0.15, 0.2) is 41.0 Å². The molecular formula is C13H12BrN3O. The molecule has 0 aliphatic heterocycles. The van der Waals surface area contributed by atoms with Crippen LogP contribution in [0, 0.1) is 6.92 Å². The van der Waals surface area contributed by atoms with Gasteiger partial charge in [0.2, 0.25) is 0 Å². The number of carbonyl (C=O) groups excluding carboxylic acids is 1. The lowest BCUT2D eigenvalue weighted by molar-refractivity contribution is 0.102. The normalized spacial score (nSPS) is 10.1. The van der Waals surface area contributed by atoms with Crippen LogP contribution in [0.4, 0.5) is 11.5 Å². The lowest BCUT2D eigenvalue weighted by atomic mass is 10.2. The molecule has 0 radical (unpaired) electrons. The molecule has 1 aromatic carbocycles. The Labute approximate surface area is 113 Å². The number of hydrogen-bond donors (Lipinski definition) is 2. The number of amides is 1. The van der Waals surface area contributed by atoms with Crippen molar-refractivity contribution in [1.29, 1.82) is 0 Å². The van der Waals surface area contributed by atoms with Crippen molar-refractivity contribution >= 4 is 33.3 Å². The van der Waals surface area contributed by atoms with Crippen molar-refractivity contribution in [3.63, 3.8) is 0 Å². The zero-order valence-electron chi connectivity index (χ0n) is 9.77. The lowest BCUT2D eigenvalue weighted by Crippen LogP contribution is -2.12. The van der Waals surface area contributed by atoms with Crippen LogP contribution >= 0.6 is 15.9 Å². The molecule has 1 heterocycles. The number of nitrogen functional groups attached to an aromatic ring is 1. The Morgan fingerprint density at radius 1 is 1.33 bits per heavy atom. The van der Waals surface area contributed by atoms with E-state index in [1.54, 1.807) is 12.1 Å². The maximum atomic E-state index is 12.0. The van der Waals surface area contributed by atoms with Crippen LogP contribution in [0.3, 0.4) is 0 Å². The second kappa shape index (κ2) is 5.18. The second-order valence-electron chi connectivity index (χ2n) is 3.94. The summed E-state index contributed by atoms with van der Waals surface area (Å²) in [5, 5.41) is 2.81. The number of halogens is 1. The average Bonchev–Trinajstić information content (AvgIpc) is 2.27. The zero-order valence-corrected chi connectivity index (χ0v) is 11.4. The Balaban J connectivity index is 2.21. The molecule has 0 aliphatic carbocycles. The summed E-state index contributed by atoms with van der Waals surface area (Å²) in [6.07, 6.45) is 1.51. The highest BCUT2D eigenvalue weighted by atomic mass is 79.9. The third-order valence-corrected chi connectivity index (χ3v) is 2.80. The number of aromatic nitrogens is 1. The summed E-state index contributed by atoms with van der Waals surface area (Å²) in [5.41, 5.74) is 7.83. The minimum Gasteiger partial charge on any atom is -0.384 e. The van der Waals surface area contributed by atoms with Crippen LogP contribution in [0.1, 0.15) is 15.9 Å². The highest BCUT2D eigenvalue weighted by Crippen LogP contribution is 2.19. The van der Waals surface area contributed by atoms with Gasteiger partial charge in [-0.25, -0.2) is 4.98 Å². The minimum absolute atomic E-state index is 0.207. The van der Waals surface area contributed by atoms with Gasteiger partial charge in [0.15, 0.2) is 0 Å². The van der Waals surface area contributed by atoms with Crippen LogP contribution < -0.4 is 11.1 Å². The van der Waals surface area contributed by atoms with Crippen LogP contribution in [-0.2, 0) is 0 Å².